The second-order valence-corrected chi connectivity index (χ2v) is 5.36. The number of likely N-dealkylation sites (N-methyl/N-ethyl adjacent to an activating group) is 1. The molecule has 102 valence electrons. The van der Waals surface area contributed by atoms with Gasteiger partial charge in [0.2, 0.25) is 0 Å². The molecular weight excluding hydrogens is 243 g/mol. The van der Waals surface area contributed by atoms with Crippen molar-refractivity contribution in [3.05, 3.63) is 0 Å². The molecule has 0 heterocycles. The maximum atomic E-state index is 12.5. The van der Waals surface area contributed by atoms with Crippen LogP contribution in [0.15, 0.2) is 0 Å². The molecule has 0 aromatic heterocycles. The van der Waals surface area contributed by atoms with Crippen molar-refractivity contribution < 1.29 is 13.2 Å². The molecule has 0 aromatic rings. The zero-order valence-electron chi connectivity index (χ0n) is 10.4. The van der Waals surface area contributed by atoms with E-state index in [0.717, 1.165) is 25.7 Å². The van der Waals surface area contributed by atoms with E-state index in [1.807, 2.05) is 0 Å². The topological polar surface area (TPSA) is 39.1 Å². The van der Waals surface area contributed by atoms with Crippen LogP contribution in [0.3, 0.4) is 0 Å². The molecule has 0 bridgehead atoms. The molecule has 2 rings (SSSR count). The Morgan fingerprint density at radius 3 is 2.17 bits per heavy atom. The Morgan fingerprint density at radius 2 is 1.83 bits per heavy atom. The second-order valence-electron chi connectivity index (χ2n) is 5.36. The standard InChI is InChI=1S/C12H18F3N3/c1-17-11(6-16,9-2-3-9)7-18(10-4-5-10)8-12(13,14)15/h9-10,17H,2-5,7-8H2,1H3. The minimum atomic E-state index is -4.19. The van der Waals surface area contributed by atoms with Gasteiger partial charge in [0.25, 0.3) is 0 Å². The molecule has 1 unspecified atom stereocenters. The number of nitrogens with one attached hydrogen (secondary N) is 1. The summed E-state index contributed by atoms with van der Waals surface area (Å²) in [7, 11) is 1.67. The Morgan fingerprint density at radius 1 is 1.22 bits per heavy atom. The van der Waals surface area contributed by atoms with Gasteiger partial charge in [-0.15, -0.1) is 0 Å². The first-order chi connectivity index (χ1) is 8.40. The molecule has 2 saturated carbocycles. The quantitative estimate of drug-likeness (QED) is 0.793. The van der Waals surface area contributed by atoms with Crippen molar-refractivity contribution in [2.45, 2.75) is 43.4 Å². The molecular formula is C12H18F3N3. The molecule has 1 N–H and O–H groups in total. The van der Waals surface area contributed by atoms with Crippen molar-refractivity contribution in [1.29, 1.82) is 5.26 Å². The number of rotatable bonds is 6. The molecule has 0 aliphatic heterocycles. The minimum absolute atomic E-state index is 0.00597. The van der Waals surface area contributed by atoms with E-state index in [-0.39, 0.29) is 18.5 Å². The van der Waals surface area contributed by atoms with E-state index in [1.54, 1.807) is 7.05 Å². The normalized spacial score (nSPS) is 23.8. The molecule has 6 heteroatoms. The van der Waals surface area contributed by atoms with E-state index in [2.05, 4.69) is 11.4 Å². The zero-order chi connectivity index (χ0) is 13.4. The van der Waals surface area contributed by atoms with Gasteiger partial charge in [0.05, 0.1) is 12.6 Å². The first-order valence-corrected chi connectivity index (χ1v) is 6.31. The van der Waals surface area contributed by atoms with Crippen LogP contribution in [-0.4, -0.2) is 42.8 Å². The van der Waals surface area contributed by atoms with Crippen LogP contribution in [0.4, 0.5) is 13.2 Å². The van der Waals surface area contributed by atoms with E-state index < -0.39 is 18.3 Å². The van der Waals surface area contributed by atoms with Crippen LogP contribution in [0.2, 0.25) is 0 Å². The second kappa shape index (κ2) is 4.71. The van der Waals surface area contributed by atoms with Crippen molar-refractivity contribution in [2.24, 2.45) is 5.92 Å². The van der Waals surface area contributed by atoms with Crippen molar-refractivity contribution in [2.75, 3.05) is 20.1 Å². The first-order valence-electron chi connectivity index (χ1n) is 6.31. The van der Waals surface area contributed by atoms with E-state index in [0.29, 0.717) is 0 Å². The van der Waals surface area contributed by atoms with E-state index in [4.69, 9.17) is 0 Å². The Hall–Kier alpha value is -0.800. The molecule has 2 fully saturated rings. The predicted octanol–water partition coefficient (Wildman–Crippen LogP) is 1.90. The van der Waals surface area contributed by atoms with Gasteiger partial charge in [0.1, 0.15) is 5.54 Å². The third-order valence-corrected chi connectivity index (χ3v) is 3.82. The third kappa shape index (κ3) is 3.15. The molecule has 0 amide bonds. The first kappa shape index (κ1) is 13.6. The Labute approximate surface area is 105 Å². The van der Waals surface area contributed by atoms with Crippen LogP contribution in [0.1, 0.15) is 25.7 Å². The molecule has 18 heavy (non-hydrogen) atoms. The number of alkyl halides is 3. The maximum Gasteiger partial charge on any atom is 0.401 e. The van der Waals surface area contributed by atoms with Gasteiger partial charge in [-0.05, 0) is 38.6 Å². The van der Waals surface area contributed by atoms with Crippen LogP contribution in [-0.2, 0) is 0 Å². The Balaban J connectivity index is 2.05. The number of nitrogens with zero attached hydrogens (tertiary/aromatic N) is 2. The van der Waals surface area contributed by atoms with Crippen LogP contribution >= 0.6 is 0 Å². The summed E-state index contributed by atoms with van der Waals surface area (Å²) in [6, 6.07) is 2.21. The highest BCUT2D eigenvalue weighted by Gasteiger charge is 2.49. The highest BCUT2D eigenvalue weighted by Crippen LogP contribution is 2.41. The van der Waals surface area contributed by atoms with Crippen LogP contribution in [0, 0.1) is 17.2 Å². The Bertz CT molecular complexity index is 341. The molecule has 1 atom stereocenters. The van der Waals surface area contributed by atoms with Gasteiger partial charge in [-0.25, -0.2) is 0 Å². The largest absolute Gasteiger partial charge is 0.401 e. The molecule has 0 saturated heterocycles. The number of halogens is 3. The summed E-state index contributed by atoms with van der Waals surface area (Å²) >= 11 is 0. The molecule has 0 spiro atoms. The lowest BCUT2D eigenvalue weighted by molar-refractivity contribution is -0.148. The summed E-state index contributed by atoms with van der Waals surface area (Å²) < 4.78 is 37.6. The number of hydrogen-bond acceptors (Lipinski definition) is 3. The zero-order valence-corrected chi connectivity index (χ0v) is 10.4. The van der Waals surface area contributed by atoms with E-state index >= 15 is 0 Å². The summed E-state index contributed by atoms with van der Waals surface area (Å²) in [6.45, 7) is -0.732. The summed E-state index contributed by atoms with van der Waals surface area (Å²) in [4.78, 5) is 1.43. The van der Waals surface area contributed by atoms with Gasteiger partial charge in [-0.1, -0.05) is 0 Å². The fourth-order valence-electron chi connectivity index (χ4n) is 2.48. The monoisotopic (exact) mass is 261 g/mol. The van der Waals surface area contributed by atoms with Gasteiger partial charge in [-0.2, -0.15) is 18.4 Å². The van der Waals surface area contributed by atoms with Gasteiger partial charge < -0.3 is 5.32 Å². The Kier molecular flexibility index (Phi) is 3.56. The lowest BCUT2D eigenvalue weighted by Gasteiger charge is -2.33. The van der Waals surface area contributed by atoms with E-state index in [1.165, 1.54) is 4.90 Å². The van der Waals surface area contributed by atoms with Gasteiger partial charge in [0.15, 0.2) is 0 Å². The van der Waals surface area contributed by atoms with Crippen molar-refractivity contribution in [3.63, 3.8) is 0 Å². The average Bonchev–Trinajstić information content (AvgIpc) is 3.16. The van der Waals surface area contributed by atoms with Gasteiger partial charge in [0, 0.05) is 12.6 Å². The fourth-order valence-corrected chi connectivity index (χ4v) is 2.48. The maximum absolute atomic E-state index is 12.5. The molecule has 0 aromatic carbocycles. The lowest BCUT2D eigenvalue weighted by atomic mass is 9.94. The molecule has 2 aliphatic rings. The minimum Gasteiger partial charge on any atom is -0.301 e. The fraction of sp³-hybridized carbons (Fsp3) is 0.917. The van der Waals surface area contributed by atoms with Crippen molar-refractivity contribution >= 4 is 0 Å². The molecule has 0 radical (unpaired) electrons. The van der Waals surface area contributed by atoms with Crippen LogP contribution in [0.25, 0.3) is 0 Å². The smallest absolute Gasteiger partial charge is 0.301 e. The summed E-state index contributed by atoms with van der Waals surface area (Å²) in [5.41, 5.74) is -0.812. The molecule has 3 nitrogen and oxygen atoms in total. The van der Waals surface area contributed by atoms with Crippen molar-refractivity contribution in [3.8, 4) is 6.07 Å². The summed E-state index contributed by atoms with van der Waals surface area (Å²) in [5.74, 6) is 0.196. The average molecular weight is 261 g/mol. The predicted molar refractivity (Wildman–Crippen MR) is 60.8 cm³/mol. The SMILES string of the molecule is CNC(C#N)(CN(CC(F)(F)F)C1CC1)C1CC1. The third-order valence-electron chi connectivity index (χ3n) is 3.82. The highest BCUT2D eigenvalue weighted by molar-refractivity contribution is 5.17. The number of nitriles is 1. The van der Waals surface area contributed by atoms with Crippen LogP contribution in [0.5, 0.6) is 0 Å². The van der Waals surface area contributed by atoms with Gasteiger partial charge >= 0.3 is 6.18 Å². The van der Waals surface area contributed by atoms with E-state index in [9.17, 15) is 18.4 Å². The van der Waals surface area contributed by atoms with Gasteiger partial charge in [-0.3, -0.25) is 4.90 Å². The van der Waals surface area contributed by atoms with Crippen LogP contribution < -0.4 is 5.32 Å². The summed E-state index contributed by atoms with van der Waals surface area (Å²) in [5, 5.41) is 12.3. The highest BCUT2D eigenvalue weighted by atomic mass is 19.4. The lowest BCUT2D eigenvalue weighted by Crippen LogP contribution is -2.55. The molecule has 2 aliphatic carbocycles. The van der Waals surface area contributed by atoms with Crippen molar-refractivity contribution in [1.82, 2.24) is 10.2 Å². The summed E-state index contributed by atoms with van der Waals surface area (Å²) in [6.07, 6.45) is -0.711. The number of hydrogen-bond donors (Lipinski definition) is 1.